The molecule has 0 heterocycles. The third-order valence-corrected chi connectivity index (χ3v) is 4.37. The summed E-state index contributed by atoms with van der Waals surface area (Å²) in [7, 11) is 0.0128. The Bertz CT molecular complexity index is 506. The van der Waals surface area contributed by atoms with Crippen LogP contribution in [0.25, 0.3) is 0 Å². The third-order valence-electron chi connectivity index (χ3n) is 2.60. The van der Waals surface area contributed by atoms with Crippen LogP contribution in [0.3, 0.4) is 0 Å². The zero-order valence-electron chi connectivity index (χ0n) is 11.1. The molecule has 1 aromatic carbocycles. The van der Waals surface area contributed by atoms with Crippen LogP contribution in [0, 0.1) is 0 Å². The lowest BCUT2D eigenvalue weighted by Gasteiger charge is -2.11. The molecule has 0 saturated carbocycles. The number of sulfonamides is 1. The number of halogens is 1. The molecule has 5 nitrogen and oxygen atoms in total. The Morgan fingerprint density at radius 2 is 2.11 bits per heavy atom. The van der Waals surface area contributed by atoms with Gasteiger partial charge in [0.05, 0.1) is 12.9 Å². The minimum atomic E-state index is -3.30. The van der Waals surface area contributed by atoms with Gasteiger partial charge in [-0.1, -0.05) is 17.7 Å². The van der Waals surface area contributed by atoms with Crippen molar-refractivity contribution in [3.8, 4) is 5.75 Å². The molecule has 0 spiro atoms. The predicted octanol–water partition coefficient (Wildman–Crippen LogP) is 1.38. The molecule has 0 atom stereocenters. The van der Waals surface area contributed by atoms with E-state index in [0.717, 1.165) is 0 Å². The van der Waals surface area contributed by atoms with Crippen LogP contribution in [0.4, 0.5) is 0 Å². The Morgan fingerprint density at radius 3 is 2.74 bits per heavy atom. The van der Waals surface area contributed by atoms with E-state index in [9.17, 15) is 8.42 Å². The minimum Gasteiger partial charge on any atom is -0.496 e. The highest BCUT2D eigenvalue weighted by atomic mass is 35.5. The summed E-state index contributed by atoms with van der Waals surface area (Å²) >= 11 is 6.04. The first-order valence-electron chi connectivity index (χ1n) is 5.93. The van der Waals surface area contributed by atoms with Crippen molar-refractivity contribution >= 4 is 21.6 Å². The van der Waals surface area contributed by atoms with Crippen LogP contribution in [0.15, 0.2) is 18.2 Å². The predicted molar refractivity (Wildman–Crippen MR) is 77.2 cm³/mol. The average Bonchev–Trinajstić information content (AvgIpc) is 2.37. The number of benzene rings is 1. The van der Waals surface area contributed by atoms with Gasteiger partial charge in [0.25, 0.3) is 0 Å². The fraction of sp³-hybridized carbons (Fsp3) is 0.500. The number of nitrogens with one attached hydrogen (secondary N) is 2. The molecule has 0 amide bonds. The van der Waals surface area contributed by atoms with Gasteiger partial charge in [0.1, 0.15) is 5.75 Å². The lowest BCUT2D eigenvalue weighted by molar-refractivity contribution is 0.409. The van der Waals surface area contributed by atoms with Crippen LogP contribution in [-0.2, 0) is 16.6 Å². The molecule has 19 heavy (non-hydrogen) atoms. The quantitative estimate of drug-likeness (QED) is 0.712. The van der Waals surface area contributed by atoms with Crippen molar-refractivity contribution in [2.45, 2.75) is 13.0 Å². The van der Waals surface area contributed by atoms with Crippen molar-refractivity contribution < 1.29 is 13.2 Å². The van der Waals surface area contributed by atoms with E-state index in [1.807, 2.05) is 0 Å². The fourth-order valence-corrected chi connectivity index (χ4v) is 2.86. The summed E-state index contributed by atoms with van der Waals surface area (Å²) in [6.45, 7) is 0.793. The van der Waals surface area contributed by atoms with Crippen molar-refractivity contribution in [3.63, 3.8) is 0 Å². The lowest BCUT2D eigenvalue weighted by atomic mass is 10.2. The molecular formula is C12H19ClN2O3S. The molecule has 0 radical (unpaired) electrons. The fourth-order valence-electron chi connectivity index (χ4n) is 1.59. The van der Waals surface area contributed by atoms with Crippen molar-refractivity contribution in [3.05, 3.63) is 28.8 Å². The van der Waals surface area contributed by atoms with Gasteiger partial charge in [0.15, 0.2) is 0 Å². The van der Waals surface area contributed by atoms with E-state index < -0.39 is 10.0 Å². The molecule has 0 unspecified atom stereocenters. The minimum absolute atomic E-state index is 0.0839. The van der Waals surface area contributed by atoms with Gasteiger partial charge in [-0.15, -0.1) is 0 Å². The van der Waals surface area contributed by atoms with Gasteiger partial charge in [-0.3, -0.25) is 0 Å². The highest BCUT2D eigenvalue weighted by Gasteiger charge is 2.13. The van der Waals surface area contributed by atoms with Gasteiger partial charge in [-0.05, 0) is 32.1 Å². The number of hydrogen-bond acceptors (Lipinski definition) is 4. The van der Waals surface area contributed by atoms with E-state index in [1.165, 1.54) is 7.11 Å². The smallest absolute Gasteiger partial charge is 0.211 e. The first-order valence-corrected chi connectivity index (χ1v) is 7.96. The summed E-state index contributed by atoms with van der Waals surface area (Å²) in [5.74, 6) is 0.658. The summed E-state index contributed by atoms with van der Waals surface area (Å²) in [5.41, 5.74) is 0.642. The van der Waals surface area contributed by atoms with Crippen molar-refractivity contribution in [2.75, 3.05) is 26.5 Å². The van der Waals surface area contributed by atoms with Crippen LogP contribution >= 0.6 is 11.6 Å². The largest absolute Gasteiger partial charge is 0.496 e. The van der Waals surface area contributed by atoms with Gasteiger partial charge < -0.3 is 10.1 Å². The summed E-state index contributed by atoms with van der Waals surface area (Å²) in [6, 6.07) is 5.21. The van der Waals surface area contributed by atoms with Crippen LogP contribution in [0.2, 0.25) is 5.02 Å². The summed E-state index contributed by atoms with van der Waals surface area (Å²) in [6.07, 6.45) is 0.561. The number of rotatable bonds is 8. The molecule has 0 fully saturated rings. The summed E-state index contributed by atoms with van der Waals surface area (Å²) < 4.78 is 31.2. The Labute approximate surface area is 119 Å². The number of methoxy groups -OCH3 is 1. The zero-order valence-corrected chi connectivity index (χ0v) is 12.6. The Morgan fingerprint density at radius 1 is 1.37 bits per heavy atom. The van der Waals surface area contributed by atoms with E-state index in [4.69, 9.17) is 16.3 Å². The SMILES string of the molecule is CNCCCS(=O)(=O)NCc1c(Cl)cccc1OC. The first kappa shape index (κ1) is 16.2. The van der Waals surface area contributed by atoms with Crippen LogP contribution in [0.1, 0.15) is 12.0 Å². The second-order valence-corrected chi connectivity index (χ2v) is 6.35. The van der Waals surface area contributed by atoms with Crippen molar-refractivity contribution in [1.82, 2.24) is 10.0 Å². The van der Waals surface area contributed by atoms with Gasteiger partial charge >= 0.3 is 0 Å². The molecule has 1 aromatic rings. The van der Waals surface area contributed by atoms with E-state index in [2.05, 4.69) is 10.0 Å². The van der Waals surface area contributed by atoms with E-state index in [-0.39, 0.29) is 12.3 Å². The molecule has 0 aliphatic heterocycles. The van der Waals surface area contributed by atoms with E-state index in [1.54, 1.807) is 25.2 Å². The summed E-state index contributed by atoms with van der Waals surface area (Å²) in [4.78, 5) is 0. The standard InChI is InChI=1S/C12H19ClN2O3S/c1-14-7-4-8-19(16,17)15-9-10-11(13)5-3-6-12(10)18-2/h3,5-6,14-15H,4,7-9H2,1-2H3. The Balaban J connectivity index is 2.66. The van der Waals surface area contributed by atoms with Gasteiger partial charge in [-0.2, -0.15) is 0 Å². The van der Waals surface area contributed by atoms with Crippen LogP contribution in [-0.4, -0.2) is 34.9 Å². The number of hydrogen-bond donors (Lipinski definition) is 2. The maximum Gasteiger partial charge on any atom is 0.211 e. The van der Waals surface area contributed by atoms with Gasteiger partial charge in [0, 0.05) is 17.1 Å². The molecule has 0 aliphatic carbocycles. The molecule has 1 rings (SSSR count). The highest BCUT2D eigenvalue weighted by Crippen LogP contribution is 2.26. The number of ether oxygens (including phenoxy) is 1. The molecular weight excluding hydrogens is 288 g/mol. The third kappa shape index (κ3) is 5.36. The zero-order chi connectivity index (χ0) is 14.3. The lowest BCUT2D eigenvalue weighted by Crippen LogP contribution is -2.27. The molecule has 0 bridgehead atoms. The Kier molecular flexibility index (Phi) is 6.57. The normalized spacial score (nSPS) is 11.5. The molecule has 7 heteroatoms. The maximum absolute atomic E-state index is 11.8. The topological polar surface area (TPSA) is 67.4 Å². The monoisotopic (exact) mass is 306 g/mol. The van der Waals surface area contributed by atoms with Gasteiger partial charge in [-0.25, -0.2) is 13.1 Å². The Hall–Kier alpha value is -0.820. The van der Waals surface area contributed by atoms with Crippen molar-refractivity contribution in [2.24, 2.45) is 0 Å². The van der Waals surface area contributed by atoms with E-state index >= 15 is 0 Å². The average molecular weight is 307 g/mol. The molecule has 2 N–H and O–H groups in total. The van der Waals surface area contributed by atoms with Crippen LogP contribution in [0.5, 0.6) is 5.75 Å². The van der Waals surface area contributed by atoms with Crippen LogP contribution < -0.4 is 14.8 Å². The second kappa shape index (κ2) is 7.69. The van der Waals surface area contributed by atoms with Crippen molar-refractivity contribution in [1.29, 1.82) is 0 Å². The van der Waals surface area contributed by atoms with Gasteiger partial charge in [0.2, 0.25) is 10.0 Å². The second-order valence-electron chi connectivity index (χ2n) is 4.02. The highest BCUT2D eigenvalue weighted by molar-refractivity contribution is 7.89. The first-order chi connectivity index (χ1) is 9.00. The summed E-state index contributed by atoms with van der Waals surface area (Å²) in [5, 5.41) is 3.39. The molecule has 0 saturated heterocycles. The molecule has 108 valence electrons. The molecule has 0 aliphatic rings. The molecule has 0 aromatic heterocycles. The van der Waals surface area contributed by atoms with E-state index in [0.29, 0.717) is 29.3 Å². The maximum atomic E-state index is 11.8.